The fourth-order valence-corrected chi connectivity index (χ4v) is 6.41. The molecule has 1 atom stereocenters. The average Bonchev–Trinajstić information content (AvgIpc) is 2.92. The third kappa shape index (κ3) is 8.27. The molecule has 0 unspecified atom stereocenters. The lowest BCUT2D eigenvalue weighted by atomic mass is 10.0. The van der Waals surface area contributed by atoms with Gasteiger partial charge in [-0.25, -0.2) is 8.42 Å². The van der Waals surface area contributed by atoms with Gasteiger partial charge in [-0.15, -0.1) is 0 Å². The van der Waals surface area contributed by atoms with E-state index in [1.54, 1.807) is 49.4 Å². The zero-order valence-electron chi connectivity index (χ0n) is 24.9. The number of halogens is 2. The second-order valence-electron chi connectivity index (χ2n) is 10.9. The zero-order valence-corrected chi connectivity index (χ0v) is 27.2. The SMILES string of the molecule is CC[C@@H](C(=O)NC(C)C)N(Cc1ccc(Cl)cc1Cl)C(=O)CN(c1ccc(C(C)C)cc1)S(=O)(=O)c1ccc(C)cc1. The van der Waals surface area contributed by atoms with Gasteiger partial charge in [0.2, 0.25) is 11.8 Å². The smallest absolute Gasteiger partial charge is 0.264 e. The molecular weight excluding hydrogens is 593 g/mol. The summed E-state index contributed by atoms with van der Waals surface area (Å²) in [7, 11) is -4.15. The van der Waals surface area contributed by atoms with E-state index in [-0.39, 0.29) is 29.3 Å². The molecule has 2 amide bonds. The van der Waals surface area contributed by atoms with E-state index in [1.807, 2.05) is 46.8 Å². The molecule has 0 heterocycles. The standard InChI is InChI=1S/C32H39Cl2N3O4S/c1-7-30(32(39)35-22(4)5)36(19-25-10-13-26(33)18-29(25)34)31(38)20-37(27-14-11-24(12-15-27)21(2)3)42(40,41)28-16-8-23(6)9-17-28/h8-18,21-22,30H,7,19-20H2,1-6H3,(H,35,39)/t30-/m0/s1. The van der Waals surface area contributed by atoms with Gasteiger partial charge in [-0.2, -0.15) is 0 Å². The van der Waals surface area contributed by atoms with Gasteiger partial charge in [-0.3, -0.25) is 13.9 Å². The molecule has 1 N–H and O–H groups in total. The third-order valence-electron chi connectivity index (χ3n) is 6.91. The highest BCUT2D eigenvalue weighted by molar-refractivity contribution is 7.92. The maximum absolute atomic E-state index is 14.2. The summed E-state index contributed by atoms with van der Waals surface area (Å²) in [6.45, 7) is 10.9. The van der Waals surface area contributed by atoms with Crippen LogP contribution < -0.4 is 9.62 Å². The molecule has 0 fully saturated rings. The molecule has 0 bridgehead atoms. The van der Waals surface area contributed by atoms with E-state index in [0.29, 0.717) is 27.7 Å². The first-order valence-corrected chi connectivity index (χ1v) is 16.2. The van der Waals surface area contributed by atoms with Crippen LogP contribution in [-0.2, 0) is 26.2 Å². The summed E-state index contributed by atoms with van der Waals surface area (Å²) in [5.74, 6) is -0.636. The second kappa shape index (κ2) is 14.4. The number of rotatable bonds is 12. The van der Waals surface area contributed by atoms with Crippen LogP contribution in [0.2, 0.25) is 10.0 Å². The largest absolute Gasteiger partial charge is 0.352 e. The predicted molar refractivity (Wildman–Crippen MR) is 171 cm³/mol. The van der Waals surface area contributed by atoms with Crippen LogP contribution in [0.15, 0.2) is 71.6 Å². The van der Waals surface area contributed by atoms with Crippen molar-refractivity contribution < 1.29 is 18.0 Å². The Labute approximate surface area is 259 Å². The molecule has 3 aromatic carbocycles. The Kier molecular flexibility index (Phi) is 11.5. The summed E-state index contributed by atoms with van der Waals surface area (Å²) in [6.07, 6.45) is 0.309. The average molecular weight is 633 g/mol. The van der Waals surface area contributed by atoms with Crippen LogP contribution >= 0.6 is 23.2 Å². The molecule has 7 nitrogen and oxygen atoms in total. The fourth-order valence-electron chi connectivity index (χ4n) is 4.53. The van der Waals surface area contributed by atoms with E-state index < -0.39 is 28.5 Å². The van der Waals surface area contributed by atoms with Gasteiger partial charge in [0.05, 0.1) is 10.6 Å². The lowest BCUT2D eigenvalue weighted by molar-refractivity contribution is -0.140. The van der Waals surface area contributed by atoms with Gasteiger partial charge in [-0.1, -0.05) is 79.9 Å². The first-order chi connectivity index (χ1) is 19.7. The highest BCUT2D eigenvalue weighted by Gasteiger charge is 2.34. The van der Waals surface area contributed by atoms with Crippen LogP contribution in [-0.4, -0.2) is 43.8 Å². The molecule has 0 aromatic heterocycles. The molecule has 0 aliphatic heterocycles. The number of carbonyl (C=O) groups excluding carboxylic acids is 2. The fraction of sp³-hybridized carbons (Fsp3) is 0.375. The van der Waals surface area contributed by atoms with Gasteiger partial charge in [-0.05, 0) is 80.6 Å². The molecule has 0 saturated carbocycles. The molecule has 42 heavy (non-hydrogen) atoms. The maximum Gasteiger partial charge on any atom is 0.264 e. The zero-order chi connectivity index (χ0) is 31.2. The van der Waals surface area contributed by atoms with E-state index in [1.165, 1.54) is 17.0 Å². The number of hydrogen-bond donors (Lipinski definition) is 1. The Bertz CT molecular complexity index is 1490. The summed E-state index contributed by atoms with van der Waals surface area (Å²) in [5, 5.41) is 3.66. The first-order valence-electron chi connectivity index (χ1n) is 14.0. The summed E-state index contributed by atoms with van der Waals surface area (Å²) >= 11 is 12.6. The van der Waals surface area contributed by atoms with Gasteiger partial charge in [0.25, 0.3) is 10.0 Å². The Balaban J connectivity index is 2.10. The Morgan fingerprint density at radius 3 is 2.05 bits per heavy atom. The number of nitrogens with one attached hydrogen (secondary N) is 1. The molecule has 226 valence electrons. The predicted octanol–water partition coefficient (Wildman–Crippen LogP) is 6.95. The monoisotopic (exact) mass is 631 g/mol. The summed E-state index contributed by atoms with van der Waals surface area (Å²) < 4.78 is 29.2. The van der Waals surface area contributed by atoms with Crippen molar-refractivity contribution in [1.29, 1.82) is 0 Å². The first kappa shape index (κ1) is 33.4. The van der Waals surface area contributed by atoms with Crippen molar-refractivity contribution in [2.75, 3.05) is 10.8 Å². The number of sulfonamides is 1. The Hall–Kier alpha value is -3.07. The lowest BCUT2D eigenvalue weighted by Crippen LogP contribution is -2.53. The Morgan fingerprint density at radius 2 is 1.52 bits per heavy atom. The van der Waals surface area contributed by atoms with E-state index >= 15 is 0 Å². The van der Waals surface area contributed by atoms with Crippen molar-refractivity contribution in [3.05, 3.63) is 93.5 Å². The second-order valence-corrected chi connectivity index (χ2v) is 13.6. The van der Waals surface area contributed by atoms with Crippen LogP contribution in [0.3, 0.4) is 0 Å². The van der Waals surface area contributed by atoms with Gasteiger partial charge in [0, 0.05) is 22.6 Å². The molecule has 3 aromatic rings. The lowest BCUT2D eigenvalue weighted by Gasteiger charge is -2.33. The van der Waals surface area contributed by atoms with Gasteiger partial charge in [0.15, 0.2) is 0 Å². The van der Waals surface area contributed by atoms with Crippen molar-refractivity contribution in [2.45, 2.75) is 77.4 Å². The highest BCUT2D eigenvalue weighted by Crippen LogP contribution is 2.28. The number of nitrogens with zero attached hydrogens (tertiary/aromatic N) is 2. The van der Waals surface area contributed by atoms with E-state index in [9.17, 15) is 18.0 Å². The number of hydrogen-bond acceptors (Lipinski definition) is 4. The third-order valence-corrected chi connectivity index (χ3v) is 9.28. The summed E-state index contributed by atoms with van der Waals surface area (Å²) in [4.78, 5) is 28.9. The van der Waals surface area contributed by atoms with Crippen LogP contribution in [0.5, 0.6) is 0 Å². The number of amides is 2. The Morgan fingerprint density at radius 1 is 0.905 bits per heavy atom. The van der Waals surface area contributed by atoms with Crippen molar-refractivity contribution in [1.82, 2.24) is 10.2 Å². The van der Waals surface area contributed by atoms with E-state index in [2.05, 4.69) is 5.32 Å². The number of aryl methyl sites for hydroxylation is 1. The molecule has 0 spiro atoms. The minimum Gasteiger partial charge on any atom is -0.352 e. The van der Waals surface area contributed by atoms with Crippen LogP contribution in [0.25, 0.3) is 0 Å². The quantitative estimate of drug-likeness (QED) is 0.234. The van der Waals surface area contributed by atoms with Crippen molar-refractivity contribution >= 4 is 50.7 Å². The van der Waals surface area contributed by atoms with Crippen LogP contribution in [0.1, 0.15) is 63.6 Å². The maximum atomic E-state index is 14.2. The number of anilines is 1. The highest BCUT2D eigenvalue weighted by atomic mass is 35.5. The molecule has 0 radical (unpaired) electrons. The normalized spacial score (nSPS) is 12.3. The van der Waals surface area contributed by atoms with E-state index in [4.69, 9.17) is 23.2 Å². The molecule has 10 heteroatoms. The van der Waals surface area contributed by atoms with Gasteiger partial charge >= 0.3 is 0 Å². The molecule has 3 rings (SSSR count). The molecule has 0 saturated heterocycles. The molecule has 0 aliphatic rings. The van der Waals surface area contributed by atoms with Crippen LogP contribution in [0, 0.1) is 6.92 Å². The molecule has 0 aliphatic carbocycles. The number of benzene rings is 3. The minimum absolute atomic E-state index is 0.0104. The van der Waals surface area contributed by atoms with Crippen molar-refractivity contribution in [2.24, 2.45) is 0 Å². The summed E-state index contributed by atoms with van der Waals surface area (Å²) in [5.41, 5.74) is 2.87. The topological polar surface area (TPSA) is 86.8 Å². The number of carbonyl (C=O) groups is 2. The van der Waals surface area contributed by atoms with Crippen LogP contribution in [0.4, 0.5) is 5.69 Å². The van der Waals surface area contributed by atoms with E-state index in [0.717, 1.165) is 15.4 Å². The van der Waals surface area contributed by atoms with Gasteiger partial charge < -0.3 is 10.2 Å². The minimum atomic E-state index is -4.15. The van der Waals surface area contributed by atoms with Gasteiger partial charge in [0.1, 0.15) is 12.6 Å². The molecular formula is C32H39Cl2N3O4S. The van der Waals surface area contributed by atoms with Crippen molar-refractivity contribution in [3.8, 4) is 0 Å². The van der Waals surface area contributed by atoms with Crippen molar-refractivity contribution in [3.63, 3.8) is 0 Å². The summed E-state index contributed by atoms with van der Waals surface area (Å²) in [6, 6.07) is 17.5.